The first-order valence-corrected chi connectivity index (χ1v) is 11.5. The quantitative estimate of drug-likeness (QED) is 0.279. The van der Waals surface area contributed by atoms with Crippen molar-refractivity contribution >= 4 is 11.4 Å². The summed E-state index contributed by atoms with van der Waals surface area (Å²) in [7, 11) is 1.54. The molecule has 3 nitrogen and oxygen atoms in total. The van der Waals surface area contributed by atoms with E-state index in [1.165, 1.54) is 11.1 Å². The molecule has 1 atom stereocenters. The van der Waals surface area contributed by atoms with E-state index < -0.39 is 17.7 Å². The van der Waals surface area contributed by atoms with Crippen LogP contribution in [0.3, 0.4) is 0 Å². The van der Waals surface area contributed by atoms with E-state index in [-0.39, 0.29) is 0 Å². The van der Waals surface area contributed by atoms with Crippen LogP contribution in [0.1, 0.15) is 22.6 Å². The summed E-state index contributed by atoms with van der Waals surface area (Å²) in [5, 5.41) is 1.29. The van der Waals surface area contributed by atoms with Crippen LogP contribution in [-0.4, -0.2) is 18.9 Å². The molecule has 0 aromatic heterocycles. The standard InChI is InChI=1S/C30H24F3NO2/c1-35-26-19-17-22(18-20-26)27-21-29(30(31,32)33,36-34(27)25-15-9-4-10-16-25)28(23-11-5-2-6-12-23)24-13-7-3-8-14-24/h2-21,28H,1H3. The third-order valence-electron chi connectivity index (χ3n) is 6.33. The molecule has 0 saturated heterocycles. The number of hydrogen-bond donors (Lipinski definition) is 0. The van der Waals surface area contributed by atoms with E-state index in [0.717, 1.165) is 0 Å². The minimum absolute atomic E-state index is 0.304. The molecular formula is C30H24F3NO2. The Morgan fingerprint density at radius 3 is 1.69 bits per heavy atom. The van der Waals surface area contributed by atoms with Crippen LogP contribution in [0.5, 0.6) is 5.75 Å². The van der Waals surface area contributed by atoms with Gasteiger partial charge in [0.25, 0.3) is 0 Å². The first-order chi connectivity index (χ1) is 17.4. The van der Waals surface area contributed by atoms with Crippen LogP contribution in [0.15, 0.2) is 121 Å². The van der Waals surface area contributed by atoms with Crippen LogP contribution < -0.4 is 9.80 Å². The Balaban J connectivity index is 1.76. The van der Waals surface area contributed by atoms with Gasteiger partial charge in [-0.05, 0) is 53.6 Å². The van der Waals surface area contributed by atoms with Gasteiger partial charge in [-0.15, -0.1) is 0 Å². The number of alkyl halides is 3. The number of hydroxylamine groups is 1. The van der Waals surface area contributed by atoms with Crippen LogP contribution in [0, 0.1) is 0 Å². The number of hydrogen-bond acceptors (Lipinski definition) is 3. The predicted molar refractivity (Wildman–Crippen MR) is 134 cm³/mol. The lowest BCUT2D eigenvalue weighted by Gasteiger charge is -2.38. The SMILES string of the molecule is COc1ccc(C2=CC(C(c3ccccc3)c3ccccc3)(C(F)(F)F)ON2c2ccccc2)cc1. The van der Waals surface area contributed by atoms with E-state index in [4.69, 9.17) is 9.57 Å². The summed E-state index contributed by atoms with van der Waals surface area (Å²) in [4.78, 5) is 6.08. The fourth-order valence-electron chi connectivity index (χ4n) is 4.62. The average molecular weight is 488 g/mol. The maximum atomic E-state index is 15.3. The minimum atomic E-state index is -4.75. The molecule has 0 radical (unpaired) electrons. The normalized spacial score (nSPS) is 17.8. The number of halogens is 3. The van der Waals surface area contributed by atoms with Crippen LogP contribution in [-0.2, 0) is 4.84 Å². The Hall–Kier alpha value is -4.03. The lowest BCUT2D eigenvalue weighted by Crippen LogP contribution is -2.51. The van der Waals surface area contributed by atoms with E-state index in [9.17, 15) is 0 Å². The van der Waals surface area contributed by atoms with Crippen molar-refractivity contribution in [3.8, 4) is 5.75 Å². The largest absolute Gasteiger partial charge is 0.497 e. The van der Waals surface area contributed by atoms with Crippen LogP contribution >= 0.6 is 0 Å². The van der Waals surface area contributed by atoms with Gasteiger partial charge in [0.2, 0.25) is 5.60 Å². The summed E-state index contributed by atoms with van der Waals surface area (Å²) in [5.41, 5.74) is -0.294. The van der Waals surface area contributed by atoms with Crippen molar-refractivity contribution in [3.63, 3.8) is 0 Å². The average Bonchev–Trinajstić information content (AvgIpc) is 3.33. The number of benzene rings is 4. The van der Waals surface area contributed by atoms with Crippen molar-refractivity contribution in [2.45, 2.75) is 17.7 Å². The van der Waals surface area contributed by atoms with Crippen molar-refractivity contribution in [2.24, 2.45) is 0 Å². The lowest BCUT2D eigenvalue weighted by atomic mass is 9.76. The van der Waals surface area contributed by atoms with Gasteiger partial charge < -0.3 is 4.74 Å². The molecular weight excluding hydrogens is 463 g/mol. The van der Waals surface area contributed by atoms with E-state index in [2.05, 4.69) is 0 Å². The molecule has 0 bridgehead atoms. The first-order valence-electron chi connectivity index (χ1n) is 11.5. The smallest absolute Gasteiger partial charge is 0.424 e. The summed E-state index contributed by atoms with van der Waals surface area (Å²) >= 11 is 0. The van der Waals surface area contributed by atoms with Crippen molar-refractivity contribution in [1.29, 1.82) is 0 Å². The molecule has 0 N–H and O–H groups in total. The number of para-hydroxylation sites is 1. The van der Waals surface area contributed by atoms with Crippen LogP contribution in [0.2, 0.25) is 0 Å². The predicted octanol–water partition coefficient (Wildman–Crippen LogP) is 7.62. The zero-order valence-corrected chi connectivity index (χ0v) is 19.5. The lowest BCUT2D eigenvalue weighted by molar-refractivity contribution is -0.257. The van der Waals surface area contributed by atoms with Gasteiger partial charge in [-0.25, -0.2) is 9.90 Å². The van der Waals surface area contributed by atoms with Crippen molar-refractivity contribution in [3.05, 3.63) is 138 Å². The first kappa shape index (κ1) is 23.7. The summed E-state index contributed by atoms with van der Waals surface area (Å²) in [5.74, 6) is -0.542. The van der Waals surface area contributed by atoms with E-state index in [0.29, 0.717) is 33.8 Å². The Kier molecular flexibility index (Phi) is 6.29. The Bertz CT molecular complexity index is 1280. The highest BCUT2D eigenvalue weighted by Crippen LogP contribution is 2.54. The summed E-state index contributed by atoms with van der Waals surface area (Å²) in [6.45, 7) is 0. The third kappa shape index (κ3) is 4.25. The summed E-state index contributed by atoms with van der Waals surface area (Å²) in [6, 6.07) is 33.1. The van der Waals surface area contributed by atoms with E-state index >= 15 is 13.2 Å². The number of methoxy groups -OCH3 is 1. The zero-order valence-electron chi connectivity index (χ0n) is 19.5. The van der Waals surface area contributed by atoms with Crippen LogP contribution in [0.25, 0.3) is 5.70 Å². The molecule has 0 fully saturated rings. The van der Waals surface area contributed by atoms with Gasteiger partial charge >= 0.3 is 6.18 Å². The van der Waals surface area contributed by atoms with Gasteiger partial charge in [0.15, 0.2) is 0 Å². The molecule has 1 aliphatic rings. The Morgan fingerprint density at radius 1 is 0.722 bits per heavy atom. The van der Waals surface area contributed by atoms with Gasteiger partial charge in [0.1, 0.15) is 5.75 Å². The Morgan fingerprint density at radius 2 is 1.22 bits per heavy atom. The molecule has 6 heteroatoms. The second kappa shape index (κ2) is 9.55. The number of nitrogens with zero attached hydrogens (tertiary/aromatic N) is 1. The van der Waals surface area contributed by atoms with Crippen LogP contribution in [0.4, 0.5) is 18.9 Å². The highest BCUT2D eigenvalue weighted by Gasteiger charge is 2.65. The fraction of sp³-hybridized carbons (Fsp3) is 0.133. The molecule has 1 unspecified atom stereocenters. The second-order valence-electron chi connectivity index (χ2n) is 8.52. The molecule has 4 aromatic carbocycles. The molecule has 0 spiro atoms. The second-order valence-corrected chi connectivity index (χ2v) is 8.52. The Labute approximate surface area is 208 Å². The minimum Gasteiger partial charge on any atom is -0.497 e. The molecule has 0 amide bonds. The number of anilines is 1. The van der Waals surface area contributed by atoms with Gasteiger partial charge in [0.05, 0.1) is 24.4 Å². The zero-order chi connectivity index (χ0) is 25.2. The molecule has 36 heavy (non-hydrogen) atoms. The molecule has 4 aromatic rings. The highest BCUT2D eigenvalue weighted by molar-refractivity contribution is 5.81. The van der Waals surface area contributed by atoms with E-state index in [1.807, 2.05) is 6.07 Å². The molecule has 0 saturated carbocycles. The van der Waals surface area contributed by atoms with Gasteiger partial charge in [-0.3, -0.25) is 0 Å². The number of rotatable bonds is 6. The highest BCUT2D eigenvalue weighted by atomic mass is 19.4. The molecule has 5 rings (SSSR count). The van der Waals surface area contributed by atoms with Gasteiger partial charge in [-0.2, -0.15) is 13.2 Å². The summed E-state index contributed by atoms with van der Waals surface area (Å²) < 4.78 is 51.2. The molecule has 182 valence electrons. The van der Waals surface area contributed by atoms with Crippen molar-refractivity contribution in [2.75, 3.05) is 12.2 Å². The maximum Gasteiger partial charge on any atom is 0.424 e. The van der Waals surface area contributed by atoms with E-state index in [1.54, 1.807) is 116 Å². The topological polar surface area (TPSA) is 21.7 Å². The third-order valence-corrected chi connectivity index (χ3v) is 6.33. The fourth-order valence-corrected chi connectivity index (χ4v) is 4.62. The van der Waals surface area contributed by atoms with Crippen molar-refractivity contribution < 1.29 is 22.7 Å². The molecule has 0 aliphatic carbocycles. The number of ether oxygens (including phenoxy) is 1. The van der Waals surface area contributed by atoms with Gasteiger partial charge in [0, 0.05) is 5.56 Å². The summed E-state index contributed by atoms with van der Waals surface area (Å²) in [6.07, 6.45) is -3.53. The van der Waals surface area contributed by atoms with Gasteiger partial charge in [-0.1, -0.05) is 78.9 Å². The molecule has 1 heterocycles. The maximum absolute atomic E-state index is 15.3. The molecule has 1 aliphatic heterocycles. The van der Waals surface area contributed by atoms with Crippen molar-refractivity contribution in [1.82, 2.24) is 0 Å². The monoisotopic (exact) mass is 487 g/mol.